The summed E-state index contributed by atoms with van der Waals surface area (Å²) in [6.45, 7) is 3.94. The molecule has 156 valence electrons. The molecule has 2 heterocycles. The van der Waals surface area contributed by atoms with Crippen LogP contribution in [0.3, 0.4) is 0 Å². The van der Waals surface area contributed by atoms with Gasteiger partial charge in [0.2, 0.25) is 0 Å². The molecule has 12 heteroatoms. The van der Waals surface area contributed by atoms with Crippen molar-refractivity contribution >= 4 is 26.9 Å². The molecule has 0 saturated carbocycles. The zero-order valence-electron chi connectivity index (χ0n) is 16.2. The molecule has 1 aromatic carbocycles. The van der Waals surface area contributed by atoms with Crippen LogP contribution in [0.15, 0.2) is 18.2 Å². The summed E-state index contributed by atoms with van der Waals surface area (Å²) in [5.74, 6) is 0.193. The van der Waals surface area contributed by atoms with Gasteiger partial charge in [0.25, 0.3) is 11.4 Å². The number of non-ortho nitro benzene ring substituents is 1. The van der Waals surface area contributed by atoms with Gasteiger partial charge in [-0.05, 0) is 26.3 Å². The molecule has 1 unspecified atom stereocenters. The Hall–Kier alpha value is -3.02. The van der Waals surface area contributed by atoms with E-state index in [0.29, 0.717) is 12.1 Å². The van der Waals surface area contributed by atoms with Gasteiger partial charge in [0.05, 0.1) is 39.2 Å². The van der Waals surface area contributed by atoms with E-state index < -0.39 is 19.7 Å². The third-order valence-corrected chi connectivity index (χ3v) is 6.95. The number of aryl methyl sites for hydroxylation is 1. The number of benzene rings is 1. The molecule has 11 nitrogen and oxygen atoms in total. The normalized spacial score (nSPS) is 18.0. The zero-order valence-corrected chi connectivity index (χ0v) is 17.0. The Labute approximate surface area is 167 Å². The van der Waals surface area contributed by atoms with Gasteiger partial charge in [-0.2, -0.15) is 5.10 Å². The fourth-order valence-corrected chi connectivity index (χ4v) is 5.36. The smallest absolute Gasteiger partial charge is 0.299 e. The Morgan fingerprint density at radius 2 is 1.93 bits per heavy atom. The maximum atomic E-state index is 11.8. The van der Waals surface area contributed by atoms with Crippen LogP contribution >= 0.6 is 0 Å². The van der Waals surface area contributed by atoms with Crippen molar-refractivity contribution in [3.63, 3.8) is 0 Å². The molecular weight excluding hydrogens is 402 g/mol. The minimum absolute atomic E-state index is 0.0536. The van der Waals surface area contributed by atoms with Crippen LogP contribution in [-0.4, -0.2) is 46.6 Å². The van der Waals surface area contributed by atoms with E-state index >= 15 is 0 Å². The van der Waals surface area contributed by atoms with E-state index in [2.05, 4.69) is 5.10 Å². The quantitative estimate of drug-likeness (QED) is 0.509. The molecule has 0 amide bonds. The standard InChI is InChI=1S/C17H21N5O6S/c1-11-15(12(2)20(18-11)14-6-7-29(27,28)10-14)9-19(3)16-5-4-13(21(23)24)8-17(16)22(25)26/h4-5,8,14H,6-7,9-10H2,1-3H3. The summed E-state index contributed by atoms with van der Waals surface area (Å²) in [6.07, 6.45) is 0.507. The summed E-state index contributed by atoms with van der Waals surface area (Å²) in [5, 5.41) is 26.8. The summed E-state index contributed by atoms with van der Waals surface area (Å²) in [5.41, 5.74) is 1.90. The second-order valence-corrected chi connectivity index (χ2v) is 9.42. The van der Waals surface area contributed by atoms with Crippen LogP contribution in [0.25, 0.3) is 0 Å². The van der Waals surface area contributed by atoms with Gasteiger partial charge in [0.1, 0.15) is 5.69 Å². The summed E-state index contributed by atoms with van der Waals surface area (Å²) in [7, 11) is -1.40. The second kappa shape index (κ2) is 7.43. The lowest BCUT2D eigenvalue weighted by Gasteiger charge is -2.20. The van der Waals surface area contributed by atoms with Crippen molar-refractivity contribution in [2.45, 2.75) is 32.9 Å². The van der Waals surface area contributed by atoms with E-state index in [1.807, 2.05) is 6.92 Å². The molecule has 0 radical (unpaired) electrons. The number of nitro benzene ring substituents is 2. The van der Waals surface area contributed by atoms with Crippen molar-refractivity contribution < 1.29 is 18.3 Å². The largest absolute Gasteiger partial charge is 0.365 e. The van der Waals surface area contributed by atoms with Crippen molar-refractivity contribution in [1.29, 1.82) is 0 Å². The summed E-state index contributed by atoms with van der Waals surface area (Å²) in [4.78, 5) is 22.6. The van der Waals surface area contributed by atoms with E-state index in [1.54, 1.807) is 23.6 Å². The molecule has 0 bridgehead atoms. The van der Waals surface area contributed by atoms with Gasteiger partial charge < -0.3 is 4.90 Å². The first-order valence-corrected chi connectivity index (χ1v) is 10.7. The molecule has 1 aliphatic heterocycles. The number of nitrogens with zero attached hydrogens (tertiary/aromatic N) is 5. The third-order valence-electron chi connectivity index (χ3n) is 5.20. The van der Waals surface area contributed by atoms with E-state index in [1.165, 1.54) is 12.1 Å². The predicted octanol–water partition coefficient (Wildman–Crippen LogP) is 2.31. The van der Waals surface area contributed by atoms with Gasteiger partial charge in [-0.25, -0.2) is 8.42 Å². The van der Waals surface area contributed by atoms with Crippen LogP contribution in [0.2, 0.25) is 0 Å². The van der Waals surface area contributed by atoms with Crippen molar-refractivity contribution in [1.82, 2.24) is 9.78 Å². The Morgan fingerprint density at radius 1 is 1.24 bits per heavy atom. The molecule has 1 atom stereocenters. The van der Waals surface area contributed by atoms with Gasteiger partial charge >= 0.3 is 0 Å². The summed E-state index contributed by atoms with van der Waals surface area (Å²) in [6, 6.07) is 3.31. The predicted molar refractivity (Wildman–Crippen MR) is 106 cm³/mol. The number of anilines is 1. The first-order chi connectivity index (χ1) is 13.5. The zero-order chi connectivity index (χ0) is 21.5. The minimum atomic E-state index is -3.06. The Kier molecular flexibility index (Phi) is 5.30. The molecule has 1 saturated heterocycles. The number of aromatic nitrogens is 2. The van der Waals surface area contributed by atoms with E-state index in [9.17, 15) is 28.6 Å². The lowest BCUT2D eigenvalue weighted by molar-refractivity contribution is -0.393. The van der Waals surface area contributed by atoms with Crippen LogP contribution in [-0.2, 0) is 16.4 Å². The lowest BCUT2D eigenvalue weighted by Crippen LogP contribution is -2.19. The maximum Gasteiger partial charge on any atom is 0.299 e. The average Bonchev–Trinajstić information content (AvgIpc) is 3.14. The van der Waals surface area contributed by atoms with Gasteiger partial charge in [0.15, 0.2) is 9.84 Å². The Morgan fingerprint density at radius 3 is 2.48 bits per heavy atom. The third kappa shape index (κ3) is 4.06. The minimum Gasteiger partial charge on any atom is -0.365 e. The molecule has 1 aliphatic rings. The Balaban J connectivity index is 1.91. The number of hydrogen-bond donors (Lipinski definition) is 0. The van der Waals surface area contributed by atoms with Crippen molar-refractivity contribution in [2.24, 2.45) is 0 Å². The fraction of sp³-hybridized carbons (Fsp3) is 0.471. The second-order valence-electron chi connectivity index (χ2n) is 7.19. The number of nitro groups is 2. The molecule has 29 heavy (non-hydrogen) atoms. The SMILES string of the molecule is Cc1nn(C2CCS(=O)(=O)C2)c(C)c1CN(C)c1ccc([N+](=O)[O-])cc1[N+](=O)[O-]. The van der Waals surface area contributed by atoms with Gasteiger partial charge in [-0.3, -0.25) is 24.9 Å². The average molecular weight is 423 g/mol. The molecule has 1 fully saturated rings. The molecule has 1 aromatic heterocycles. The number of hydrogen-bond acceptors (Lipinski definition) is 8. The highest BCUT2D eigenvalue weighted by molar-refractivity contribution is 7.91. The first kappa shape index (κ1) is 20.7. The highest BCUT2D eigenvalue weighted by atomic mass is 32.2. The fourth-order valence-electron chi connectivity index (χ4n) is 3.67. The van der Waals surface area contributed by atoms with Crippen molar-refractivity contribution in [2.75, 3.05) is 23.5 Å². The number of sulfone groups is 1. The monoisotopic (exact) mass is 423 g/mol. The molecular formula is C17H21N5O6S. The van der Waals surface area contributed by atoms with Gasteiger partial charge in [-0.15, -0.1) is 0 Å². The molecule has 2 aromatic rings. The highest BCUT2D eigenvalue weighted by Gasteiger charge is 2.32. The van der Waals surface area contributed by atoms with Crippen LogP contribution < -0.4 is 4.90 Å². The molecule has 0 spiro atoms. The van der Waals surface area contributed by atoms with E-state index in [-0.39, 0.29) is 41.2 Å². The van der Waals surface area contributed by atoms with Crippen LogP contribution in [0.4, 0.5) is 17.1 Å². The summed E-state index contributed by atoms with van der Waals surface area (Å²) < 4.78 is 25.3. The van der Waals surface area contributed by atoms with Crippen LogP contribution in [0.1, 0.15) is 29.4 Å². The van der Waals surface area contributed by atoms with E-state index in [4.69, 9.17) is 0 Å². The highest BCUT2D eigenvalue weighted by Crippen LogP contribution is 2.33. The molecule has 3 rings (SSSR count). The van der Waals surface area contributed by atoms with Crippen LogP contribution in [0, 0.1) is 34.1 Å². The van der Waals surface area contributed by atoms with Gasteiger partial charge in [-0.1, -0.05) is 0 Å². The van der Waals surface area contributed by atoms with Gasteiger partial charge in [0, 0.05) is 30.9 Å². The topological polar surface area (TPSA) is 141 Å². The van der Waals surface area contributed by atoms with E-state index in [0.717, 1.165) is 17.3 Å². The van der Waals surface area contributed by atoms with Crippen molar-refractivity contribution in [3.8, 4) is 0 Å². The summed E-state index contributed by atoms with van der Waals surface area (Å²) >= 11 is 0. The lowest BCUT2D eigenvalue weighted by atomic mass is 10.1. The molecule has 0 aliphatic carbocycles. The Bertz CT molecular complexity index is 1090. The first-order valence-electron chi connectivity index (χ1n) is 8.89. The van der Waals surface area contributed by atoms with Crippen molar-refractivity contribution in [3.05, 3.63) is 55.4 Å². The molecule has 0 N–H and O–H groups in total. The number of rotatable bonds is 6. The van der Waals surface area contributed by atoms with Crippen LogP contribution in [0.5, 0.6) is 0 Å². The maximum absolute atomic E-state index is 11.8.